The fourth-order valence-corrected chi connectivity index (χ4v) is 0.764. The Labute approximate surface area is 88.4 Å². The quantitative estimate of drug-likeness (QED) is 0.380. The summed E-state index contributed by atoms with van der Waals surface area (Å²) in [5.74, 6) is -1.02. The van der Waals surface area contributed by atoms with Crippen molar-refractivity contribution in [2.45, 2.75) is 12.8 Å². The van der Waals surface area contributed by atoms with Crippen LogP contribution in [0, 0.1) is 0 Å². The highest BCUT2D eigenvalue weighted by Crippen LogP contribution is 2.02. The molecule has 0 spiro atoms. The van der Waals surface area contributed by atoms with Crippen molar-refractivity contribution in [3.63, 3.8) is 0 Å². The minimum Gasteiger partial charge on any atom is -0.478 e. The van der Waals surface area contributed by atoms with E-state index < -0.39 is 12.1 Å². The van der Waals surface area contributed by atoms with Gasteiger partial charge in [0.25, 0.3) is 0 Å². The monoisotopic (exact) mass is 213 g/mol. The highest BCUT2D eigenvalue weighted by Gasteiger charge is 2.04. The lowest BCUT2D eigenvalue weighted by atomic mass is 10.2. The summed E-state index contributed by atoms with van der Waals surface area (Å²) in [6.45, 7) is 7.30. The van der Waals surface area contributed by atoms with E-state index in [2.05, 4.69) is 18.5 Å². The predicted molar refractivity (Wildman–Crippen MR) is 55.6 cm³/mol. The van der Waals surface area contributed by atoms with Gasteiger partial charge in [-0.2, -0.15) is 0 Å². The second-order valence-corrected chi connectivity index (χ2v) is 2.82. The first-order valence-electron chi connectivity index (χ1n) is 4.50. The first kappa shape index (κ1) is 13.2. The number of aliphatic carboxylic acids is 1. The lowest BCUT2D eigenvalue weighted by Crippen LogP contribution is -2.24. The third-order valence-electron chi connectivity index (χ3n) is 1.55. The van der Waals surface area contributed by atoms with Gasteiger partial charge in [-0.25, -0.2) is 9.59 Å². The molecule has 0 atom stereocenters. The highest BCUT2D eigenvalue weighted by molar-refractivity contribution is 5.85. The standard InChI is InChI=1S/C10H15NO4/c1-3-6-11-10(14)15-7-4-5-8(2)9(12)13/h3H,1-2,4-7H2,(H,11,14)(H,12,13). The third kappa shape index (κ3) is 7.30. The van der Waals surface area contributed by atoms with Crippen LogP contribution in [-0.2, 0) is 9.53 Å². The Balaban J connectivity index is 3.46. The number of amides is 1. The molecule has 0 heterocycles. The molecular weight excluding hydrogens is 198 g/mol. The van der Waals surface area contributed by atoms with Crippen LogP contribution in [0.25, 0.3) is 0 Å². The zero-order valence-corrected chi connectivity index (χ0v) is 8.49. The number of hydrogen-bond acceptors (Lipinski definition) is 3. The van der Waals surface area contributed by atoms with Gasteiger partial charge in [-0.15, -0.1) is 6.58 Å². The van der Waals surface area contributed by atoms with Crippen molar-refractivity contribution < 1.29 is 19.4 Å². The molecule has 0 aliphatic rings. The Morgan fingerprint density at radius 2 is 2.13 bits per heavy atom. The van der Waals surface area contributed by atoms with Gasteiger partial charge in [0, 0.05) is 12.1 Å². The van der Waals surface area contributed by atoms with E-state index in [0.29, 0.717) is 19.4 Å². The van der Waals surface area contributed by atoms with E-state index in [4.69, 9.17) is 9.84 Å². The van der Waals surface area contributed by atoms with Gasteiger partial charge in [-0.05, 0) is 12.8 Å². The number of carboxylic acids is 1. The minimum atomic E-state index is -1.02. The topological polar surface area (TPSA) is 75.6 Å². The molecule has 0 aromatic carbocycles. The number of carbonyl (C=O) groups is 2. The van der Waals surface area contributed by atoms with Gasteiger partial charge in [0.2, 0.25) is 0 Å². The Morgan fingerprint density at radius 3 is 2.67 bits per heavy atom. The molecule has 0 fully saturated rings. The van der Waals surface area contributed by atoms with Crippen molar-refractivity contribution in [1.82, 2.24) is 5.32 Å². The van der Waals surface area contributed by atoms with Crippen LogP contribution < -0.4 is 5.32 Å². The van der Waals surface area contributed by atoms with E-state index in [1.54, 1.807) is 0 Å². The van der Waals surface area contributed by atoms with Crippen molar-refractivity contribution in [2.75, 3.05) is 13.2 Å². The summed E-state index contributed by atoms with van der Waals surface area (Å²) in [6.07, 6.45) is 1.76. The Morgan fingerprint density at radius 1 is 1.47 bits per heavy atom. The number of carbonyl (C=O) groups excluding carboxylic acids is 1. The van der Waals surface area contributed by atoms with Crippen LogP contribution in [0.2, 0.25) is 0 Å². The molecule has 15 heavy (non-hydrogen) atoms. The molecule has 0 aliphatic carbocycles. The maximum Gasteiger partial charge on any atom is 0.407 e. The van der Waals surface area contributed by atoms with Crippen molar-refractivity contribution in [3.8, 4) is 0 Å². The molecule has 0 unspecified atom stereocenters. The fourth-order valence-electron chi connectivity index (χ4n) is 0.764. The molecule has 84 valence electrons. The molecule has 1 amide bonds. The number of nitrogens with one attached hydrogen (secondary N) is 1. The number of hydrogen-bond donors (Lipinski definition) is 2. The third-order valence-corrected chi connectivity index (χ3v) is 1.55. The van der Waals surface area contributed by atoms with Crippen LogP contribution in [0.15, 0.2) is 24.8 Å². The molecule has 2 N–H and O–H groups in total. The normalized spacial score (nSPS) is 9.07. The van der Waals surface area contributed by atoms with E-state index >= 15 is 0 Å². The van der Waals surface area contributed by atoms with E-state index in [1.807, 2.05) is 0 Å². The van der Waals surface area contributed by atoms with Crippen molar-refractivity contribution >= 4 is 12.1 Å². The summed E-state index contributed by atoms with van der Waals surface area (Å²) >= 11 is 0. The van der Waals surface area contributed by atoms with Gasteiger partial charge >= 0.3 is 12.1 Å². The molecule has 0 bridgehead atoms. The molecule has 0 saturated heterocycles. The number of alkyl carbamates (subject to hydrolysis) is 1. The average molecular weight is 213 g/mol. The summed E-state index contributed by atoms with van der Waals surface area (Å²) < 4.78 is 4.74. The van der Waals surface area contributed by atoms with Crippen LogP contribution in [0.5, 0.6) is 0 Å². The lowest BCUT2D eigenvalue weighted by Gasteiger charge is -2.04. The molecule has 0 rings (SSSR count). The molecule has 0 aromatic rings. The summed E-state index contributed by atoms with van der Waals surface area (Å²) in [4.78, 5) is 21.2. The van der Waals surface area contributed by atoms with Gasteiger partial charge in [-0.3, -0.25) is 0 Å². The van der Waals surface area contributed by atoms with Crippen molar-refractivity contribution in [3.05, 3.63) is 24.8 Å². The van der Waals surface area contributed by atoms with Gasteiger partial charge in [0.1, 0.15) is 0 Å². The number of rotatable bonds is 7. The van der Waals surface area contributed by atoms with Gasteiger partial charge in [0.05, 0.1) is 6.61 Å². The second-order valence-electron chi connectivity index (χ2n) is 2.82. The van der Waals surface area contributed by atoms with E-state index in [0.717, 1.165) is 0 Å². The fraction of sp³-hybridized carbons (Fsp3) is 0.400. The summed E-state index contributed by atoms with van der Waals surface area (Å²) in [6, 6.07) is 0. The average Bonchev–Trinajstić information content (AvgIpc) is 2.20. The van der Waals surface area contributed by atoms with Crippen molar-refractivity contribution in [1.29, 1.82) is 0 Å². The Bertz CT molecular complexity index is 260. The molecule has 0 radical (unpaired) electrons. The lowest BCUT2D eigenvalue weighted by molar-refractivity contribution is -0.132. The van der Waals surface area contributed by atoms with Crippen LogP contribution >= 0.6 is 0 Å². The zero-order valence-electron chi connectivity index (χ0n) is 8.49. The number of carboxylic acid groups (broad SMARTS) is 1. The smallest absolute Gasteiger partial charge is 0.407 e. The Kier molecular flexibility index (Phi) is 6.70. The van der Waals surface area contributed by atoms with Crippen LogP contribution in [-0.4, -0.2) is 30.3 Å². The minimum absolute atomic E-state index is 0.116. The van der Waals surface area contributed by atoms with Crippen LogP contribution in [0.4, 0.5) is 4.79 Å². The zero-order chi connectivity index (χ0) is 11.7. The summed E-state index contributed by atoms with van der Waals surface area (Å²) in [7, 11) is 0. The van der Waals surface area contributed by atoms with E-state index in [1.165, 1.54) is 6.08 Å². The predicted octanol–water partition coefficient (Wildman–Crippen LogP) is 1.32. The molecular formula is C10H15NO4. The second kappa shape index (κ2) is 7.61. The van der Waals surface area contributed by atoms with Gasteiger partial charge < -0.3 is 15.2 Å². The summed E-state index contributed by atoms with van der Waals surface area (Å²) in [5, 5.41) is 10.9. The maximum atomic E-state index is 10.9. The van der Waals surface area contributed by atoms with Crippen molar-refractivity contribution in [2.24, 2.45) is 0 Å². The van der Waals surface area contributed by atoms with Crippen LogP contribution in [0.3, 0.4) is 0 Å². The molecule has 5 heteroatoms. The molecule has 0 saturated carbocycles. The van der Waals surface area contributed by atoms with E-state index in [9.17, 15) is 9.59 Å². The largest absolute Gasteiger partial charge is 0.478 e. The van der Waals surface area contributed by atoms with Gasteiger partial charge in [0.15, 0.2) is 0 Å². The first-order chi connectivity index (χ1) is 7.07. The molecule has 5 nitrogen and oxygen atoms in total. The SMILES string of the molecule is C=CCNC(=O)OCCCC(=C)C(=O)O. The molecule has 0 aromatic heterocycles. The summed E-state index contributed by atoms with van der Waals surface area (Å²) in [5.41, 5.74) is 0.116. The van der Waals surface area contributed by atoms with Crippen LogP contribution in [0.1, 0.15) is 12.8 Å². The molecule has 0 aliphatic heterocycles. The number of ether oxygens (including phenoxy) is 1. The first-order valence-corrected chi connectivity index (χ1v) is 4.50. The van der Waals surface area contributed by atoms with Gasteiger partial charge in [-0.1, -0.05) is 12.7 Å². The van der Waals surface area contributed by atoms with E-state index in [-0.39, 0.29) is 12.2 Å². The highest BCUT2D eigenvalue weighted by atomic mass is 16.5. The Hall–Kier alpha value is -1.78. The maximum absolute atomic E-state index is 10.9.